The molecule has 112 valence electrons. The lowest BCUT2D eigenvalue weighted by Gasteiger charge is -2.23. The molecule has 0 saturated carbocycles. The highest BCUT2D eigenvalue weighted by Gasteiger charge is 2.34. The molecule has 2 N–H and O–H groups in total. The number of benzene rings is 2. The van der Waals surface area contributed by atoms with Crippen molar-refractivity contribution in [3.05, 3.63) is 65.7 Å². The minimum atomic E-state index is -0.306. The van der Waals surface area contributed by atoms with Crippen molar-refractivity contribution in [3.8, 4) is 0 Å². The molecule has 0 bridgehead atoms. The van der Waals surface area contributed by atoms with Crippen LogP contribution in [-0.4, -0.2) is 11.0 Å². The number of rotatable bonds is 3. The predicted octanol–water partition coefficient (Wildman–Crippen LogP) is 3.52. The minimum Gasteiger partial charge on any atom is -0.326 e. The highest BCUT2D eigenvalue weighted by molar-refractivity contribution is 8.15. The Morgan fingerprint density at radius 1 is 1.14 bits per heavy atom. The van der Waals surface area contributed by atoms with Crippen LogP contribution in [0.25, 0.3) is 0 Å². The summed E-state index contributed by atoms with van der Waals surface area (Å²) in [7, 11) is 0. The van der Waals surface area contributed by atoms with Gasteiger partial charge in [-0.1, -0.05) is 54.2 Å². The Bertz CT molecular complexity index is 712. The second-order valence-corrected chi connectivity index (χ2v) is 6.70. The van der Waals surface area contributed by atoms with Crippen LogP contribution in [0.2, 0.25) is 0 Å². The van der Waals surface area contributed by atoms with E-state index in [4.69, 9.17) is 0 Å². The smallest absolute Gasteiger partial charge is 0.221 e. The lowest BCUT2D eigenvalue weighted by molar-refractivity contribution is -0.114. The van der Waals surface area contributed by atoms with E-state index in [1.165, 1.54) is 6.92 Å². The second-order valence-electron chi connectivity index (χ2n) is 5.29. The fourth-order valence-electron chi connectivity index (χ4n) is 2.30. The first-order chi connectivity index (χ1) is 10.6. The summed E-state index contributed by atoms with van der Waals surface area (Å²) in [5.41, 5.74) is 6.24. The molecule has 0 fully saturated rings. The molecule has 2 aromatic rings. The molecule has 0 saturated heterocycles. The Morgan fingerprint density at radius 2 is 1.82 bits per heavy atom. The molecule has 3 rings (SSSR count). The summed E-state index contributed by atoms with van der Waals surface area (Å²) in [5, 5.41) is 8.22. The van der Waals surface area contributed by atoms with Crippen molar-refractivity contribution >= 4 is 28.4 Å². The van der Waals surface area contributed by atoms with Crippen molar-refractivity contribution < 1.29 is 4.79 Å². The maximum atomic E-state index is 11.1. The molecule has 4 nitrogen and oxygen atoms in total. The van der Waals surface area contributed by atoms with E-state index in [0.717, 1.165) is 21.9 Å². The minimum absolute atomic E-state index is 0.0676. The monoisotopic (exact) mass is 311 g/mol. The van der Waals surface area contributed by atoms with Gasteiger partial charge in [0.15, 0.2) is 0 Å². The van der Waals surface area contributed by atoms with Crippen LogP contribution in [0.15, 0.2) is 59.7 Å². The van der Waals surface area contributed by atoms with E-state index < -0.39 is 0 Å². The Labute approximate surface area is 134 Å². The molecule has 1 heterocycles. The largest absolute Gasteiger partial charge is 0.326 e. The molecule has 5 heteroatoms. The molecular weight excluding hydrogens is 294 g/mol. The molecule has 1 aliphatic heterocycles. The van der Waals surface area contributed by atoms with Gasteiger partial charge < -0.3 is 5.32 Å². The van der Waals surface area contributed by atoms with Gasteiger partial charge in [-0.2, -0.15) is 5.10 Å². The average molecular weight is 311 g/mol. The number of thioether (sulfide) groups is 1. The predicted molar refractivity (Wildman–Crippen MR) is 91.8 cm³/mol. The first-order valence-electron chi connectivity index (χ1n) is 7.04. The van der Waals surface area contributed by atoms with Gasteiger partial charge in [0.2, 0.25) is 5.91 Å². The van der Waals surface area contributed by atoms with Gasteiger partial charge in [-0.3, -0.25) is 10.2 Å². The number of amides is 1. The molecular formula is C17H17N3OS. The van der Waals surface area contributed by atoms with Crippen LogP contribution in [-0.2, 0) is 9.67 Å². The summed E-state index contributed by atoms with van der Waals surface area (Å²) in [6, 6.07) is 18.0. The maximum absolute atomic E-state index is 11.1. The van der Waals surface area contributed by atoms with Crippen molar-refractivity contribution in [2.45, 2.75) is 18.7 Å². The van der Waals surface area contributed by atoms with E-state index in [-0.39, 0.29) is 10.8 Å². The summed E-state index contributed by atoms with van der Waals surface area (Å²) in [6.45, 7) is 3.61. The number of hydrogen-bond donors (Lipinski definition) is 2. The molecule has 0 radical (unpaired) electrons. The van der Waals surface area contributed by atoms with Gasteiger partial charge >= 0.3 is 0 Å². The maximum Gasteiger partial charge on any atom is 0.221 e. The van der Waals surface area contributed by atoms with Crippen LogP contribution in [0.4, 0.5) is 5.69 Å². The highest BCUT2D eigenvalue weighted by atomic mass is 32.2. The number of hydrazone groups is 1. The van der Waals surface area contributed by atoms with Gasteiger partial charge in [-0.05, 0) is 24.6 Å². The number of carbonyl (C=O) groups excluding carboxylic acids is 1. The fourth-order valence-corrected chi connectivity index (χ4v) is 3.38. The van der Waals surface area contributed by atoms with Crippen LogP contribution in [0, 0.1) is 0 Å². The molecule has 22 heavy (non-hydrogen) atoms. The highest BCUT2D eigenvalue weighted by Crippen LogP contribution is 2.40. The van der Waals surface area contributed by atoms with Gasteiger partial charge in [-0.25, -0.2) is 0 Å². The van der Waals surface area contributed by atoms with E-state index >= 15 is 0 Å². The summed E-state index contributed by atoms with van der Waals surface area (Å²) >= 11 is 1.69. The van der Waals surface area contributed by atoms with E-state index in [1.807, 2.05) is 42.5 Å². The topological polar surface area (TPSA) is 53.5 Å². The van der Waals surface area contributed by atoms with Crippen LogP contribution < -0.4 is 10.7 Å². The first-order valence-corrected chi connectivity index (χ1v) is 7.86. The summed E-state index contributed by atoms with van der Waals surface area (Å²) in [6.07, 6.45) is 0. The normalized spacial score (nSPS) is 20.2. The average Bonchev–Trinajstić information content (AvgIpc) is 2.92. The zero-order chi connectivity index (χ0) is 15.6. The second kappa shape index (κ2) is 5.85. The Kier molecular flexibility index (Phi) is 3.90. The summed E-state index contributed by atoms with van der Waals surface area (Å²) < 4.78 is 0. The lowest BCUT2D eigenvalue weighted by Crippen LogP contribution is -2.28. The van der Waals surface area contributed by atoms with Crippen molar-refractivity contribution in [1.82, 2.24) is 5.43 Å². The van der Waals surface area contributed by atoms with Crippen LogP contribution in [0.1, 0.15) is 25.0 Å². The van der Waals surface area contributed by atoms with Gasteiger partial charge in [-0.15, -0.1) is 0 Å². The third kappa shape index (κ3) is 2.99. The zero-order valence-electron chi connectivity index (χ0n) is 12.5. The Hall–Kier alpha value is -2.27. The SMILES string of the molecule is CC(=O)Nc1ccc([C@]2(C)NN=C(c3ccccc3)S2)cc1. The van der Waals surface area contributed by atoms with Crippen molar-refractivity contribution in [1.29, 1.82) is 0 Å². The standard InChI is InChI=1S/C17H17N3OS/c1-12(21)18-15-10-8-14(9-11-15)17(2)20-19-16(22-17)13-6-4-3-5-7-13/h3-11,20H,1-2H3,(H,18,21)/t17-/m1/s1. The quantitative estimate of drug-likeness (QED) is 0.912. The number of nitrogens with one attached hydrogen (secondary N) is 2. The van der Waals surface area contributed by atoms with E-state index in [0.29, 0.717) is 0 Å². The Morgan fingerprint density at radius 3 is 2.45 bits per heavy atom. The van der Waals surface area contributed by atoms with Gasteiger partial charge in [0, 0.05) is 18.2 Å². The number of hydrogen-bond acceptors (Lipinski definition) is 4. The van der Waals surface area contributed by atoms with Gasteiger partial charge in [0.05, 0.1) is 0 Å². The third-order valence-electron chi connectivity index (χ3n) is 3.45. The zero-order valence-corrected chi connectivity index (χ0v) is 13.3. The fraction of sp³-hybridized carbons (Fsp3) is 0.176. The molecule has 0 unspecified atom stereocenters. The van der Waals surface area contributed by atoms with Crippen molar-refractivity contribution in [2.24, 2.45) is 5.10 Å². The molecule has 0 aliphatic carbocycles. The molecule has 1 amide bonds. The van der Waals surface area contributed by atoms with E-state index in [2.05, 4.69) is 34.9 Å². The summed E-state index contributed by atoms with van der Waals surface area (Å²) in [4.78, 5) is 10.8. The van der Waals surface area contributed by atoms with Crippen LogP contribution in [0.5, 0.6) is 0 Å². The van der Waals surface area contributed by atoms with Gasteiger partial charge in [0.25, 0.3) is 0 Å². The number of carbonyl (C=O) groups is 1. The molecule has 1 aliphatic rings. The molecule has 1 atom stereocenters. The van der Waals surface area contributed by atoms with E-state index in [9.17, 15) is 4.79 Å². The lowest BCUT2D eigenvalue weighted by atomic mass is 10.1. The van der Waals surface area contributed by atoms with E-state index in [1.54, 1.807) is 11.8 Å². The molecule has 0 spiro atoms. The van der Waals surface area contributed by atoms with Crippen molar-refractivity contribution in [3.63, 3.8) is 0 Å². The van der Waals surface area contributed by atoms with Crippen LogP contribution in [0.3, 0.4) is 0 Å². The van der Waals surface area contributed by atoms with Crippen molar-refractivity contribution in [2.75, 3.05) is 5.32 Å². The summed E-state index contributed by atoms with van der Waals surface area (Å²) in [5.74, 6) is -0.0676. The van der Waals surface area contributed by atoms with Gasteiger partial charge in [0.1, 0.15) is 9.91 Å². The van der Waals surface area contributed by atoms with Crippen LogP contribution >= 0.6 is 11.8 Å². The first kappa shape index (κ1) is 14.7. The number of nitrogens with zero attached hydrogens (tertiary/aromatic N) is 1. The molecule has 2 aromatic carbocycles. The molecule has 0 aromatic heterocycles. The third-order valence-corrected chi connectivity index (χ3v) is 4.70. The number of anilines is 1. The Balaban J connectivity index is 1.77.